The molecule has 1 aromatic heterocycles. The third-order valence-electron chi connectivity index (χ3n) is 3.84. The van der Waals surface area contributed by atoms with E-state index in [9.17, 15) is 14.7 Å². The van der Waals surface area contributed by atoms with Gasteiger partial charge in [0.1, 0.15) is 12.2 Å². The summed E-state index contributed by atoms with van der Waals surface area (Å²) in [5.41, 5.74) is 0. The molecule has 8 nitrogen and oxygen atoms in total. The van der Waals surface area contributed by atoms with E-state index in [1.54, 1.807) is 7.05 Å². The maximum atomic E-state index is 12.2. The Bertz CT molecular complexity index is 476. The van der Waals surface area contributed by atoms with Crippen LogP contribution in [0.3, 0.4) is 0 Å². The molecule has 2 atom stereocenters. The Labute approximate surface area is 122 Å². The summed E-state index contributed by atoms with van der Waals surface area (Å²) in [6.07, 6.45) is 5.57. The predicted molar refractivity (Wildman–Crippen MR) is 74.4 cm³/mol. The highest BCUT2D eigenvalue weighted by atomic mass is 16.4. The molecule has 1 aliphatic rings. The number of carboxylic acid groups (broad SMARTS) is 1. The molecule has 0 saturated heterocycles. The van der Waals surface area contributed by atoms with Gasteiger partial charge in [0.25, 0.3) is 0 Å². The summed E-state index contributed by atoms with van der Waals surface area (Å²) in [6.45, 7) is 0.302. The summed E-state index contributed by atoms with van der Waals surface area (Å²) < 4.78 is 0. The van der Waals surface area contributed by atoms with E-state index in [0.29, 0.717) is 25.2 Å². The van der Waals surface area contributed by atoms with Gasteiger partial charge in [-0.15, -0.1) is 0 Å². The summed E-state index contributed by atoms with van der Waals surface area (Å²) in [5, 5.41) is 18.6. The highest BCUT2D eigenvalue weighted by molar-refractivity contribution is 5.76. The van der Waals surface area contributed by atoms with Gasteiger partial charge in [-0.3, -0.25) is 9.89 Å². The molecular formula is C13H21N5O3. The third kappa shape index (κ3) is 4.17. The Balaban J connectivity index is 1.94. The number of rotatable bonds is 4. The molecule has 3 N–H and O–H groups in total. The van der Waals surface area contributed by atoms with Crippen molar-refractivity contribution in [1.29, 1.82) is 0 Å². The lowest BCUT2D eigenvalue weighted by Gasteiger charge is -2.26. The highest BCUT2D eigenvalue weighted by Crippen LogP contribution is 2.24. The first-order chi connectivity index (χ1) is 10.1. The molecule has 1 saturated carbocycles. The second-order valence-corrected chi connectivity index (χ2v) is 5.43. The zero-order valence-corrected chi connectivity index (χ0v) is 12.1. The maximum Gasteiger partial charge on any atom is 0.317 e. The van der Waals surface area contributed by atoms with Crippen LogP contribution in [0, 0.1) is 5.92 Å². The Morgan fingerprint density at radius 2 is 2.19 bits per heavy atom. The zero-order valence-electron chi connectivity index (χ0n) is 12.1. The molecule has 0 aliphatic heterocycles. The molecule has 0 spiro atoms. The Kier molecular flexibility index (Phi) is 5.13. The van der Waals surface area contributed by atoms with Crippen LogP contribution in [0.2, 0.25) is 0 Å². The van der Waals surface area contributed by atoms with Gasteiger partial charge in [-0.05, 0) is 12.8 Å². The number of carbonyl (C=O) groups excluding carboxylic acids is 1. The van der Waals surface area contributed by atoms with Crippen LogP contribution >= 0.6 is 0 Å². The van der Waals surface area contributed by atoms with E-state index in [2.05, 4.69) is 20.5 Å². The summed E-state index contributed by atoms with van der Waals surface area (Å²) in [4.78, 5) is 28.9. The lowest BCUT2D eigenvalue weighted by molar-refractivity contribution is -0.142. The van der Waals surface area contributed by atoms with Gasteiger partial charge in [-0.2, -0.15) is 5.10 Å². The lowest BCUT2D eigenvalue weighted by Crippen LogP contribution is -2.47. The molecular weight excluding hydrogens is 274 g/mol. The zero-order chi connectivity index (χ0) is 15.2. The van der Waals surface area contributed by atoms with E-state index in [1.165, 1.54) is 11.2 Å². The number of urea groups is 1. The summed E-state index contributed by atoms with van der Waals surface area (Å²) >= 11 is 0. The van der Waals surface area contributed by atoms with E-state index < -0.39 is 11.9 Å². The average molecular weight is 295 g/mol. The molecule has 8 heteroatoms. The van der Waals surface area contributed by atoms with Gasteiger partial charge in [0.15, 0.2) is 0 Å². The lowest BCUT2D eigenvalue weighted by atomic mass is 9.95. The van der Waals surface area contributed by atoms with Crippen molar-refractivity contribution in [2.45, 2.75) is 44.7 Å². The van der Waals surface area contributed by atoms with Gasteiger partial charge in [0, 0.05) is 13.1 Å². The topological polar surface area (TPSA) is 111 Å². The van der Waals surface area contributed by atoms with E-state index in [4.69, 9.17) is 0 Å². The monoisotopic (exact) mass is 295 g/mol. The van der Waals surface area contributed by atoms with Gasteiger partial charge in [-0.25, -0.2) is 9.78 Å². The van der Waals surface area contributed by atoms with E-state index in [-0.39, 0.29) is 12.1 Å². The van der Waals surface area contributed by atoms with E-state index in [1.807, 2.05) is 0 Å². The number of aliphatic carboxylic acids is 1. The van der Waals surface area contributed by atoms with Crippen molar-refractivity contribution >= 4 is 12.0 Å². The molecule has 1 fully saturated rings. The van der Waals surface area contributed by atoms with Crippen LogP contribution in [-0.2, 0) is 11.3 Å². The Morgan fingerprint density at radius 3 is 2.86 bits per heavy atom. The van der Waals surface area contributed by atoms with Crippen molar-refractivity contribution in [1.82, 2.24) is 25.4 Å². The fraction of sp³-hybridized carbons (Fsp3) is 0.692. The smallest absolute Gasteiger partial charge is 0.317 e. The minimum absolute atomic E-state index is 0.287. The van der Waals surface area contributed by atoms with Gasteiger partial charge in [0.2, 0.25) is 0 Å². The molecule has 1 heterocycles. The summed E-state index contributed by atoms with van der Waals surface area (Å²) in [6, 6.07) is -0.598. The van der Waals surface area contributed by atoms with Gasteiger partial charge >= 0.3 is 12.0 Å². The fourth-order valence-electron chi connectivity index (χ4n) is 2.65. The molecule has 21 heavy (non-hydrogen) atoms. The molecule has 1 aromatic rings. The first-order valence-corrected chi connectivity index (χ1v) is 7.16. The number of hydrogen-bond acceptors (Lipinski definition) is 4. The van der Waals surface area contributed by atoms with Crippen molar-refractivity contribution < 1.29 is 14.7 Å². The minimum Gasteiger partial charge on any atom is -0.481 e. The van der Waals surface area contributed by atoms with Crippen molar-refractivity contribution in [3.05, 3.63) is 12.2 Å². The van der Waals surface area contributed by atoms with Crippen LogP contribution in [0.25, 0.3) is 0 Å². The predicted octanol–water partition coefficient (Wildman–Crippen LogP) is 0.980. The van der Waals surface area contributed by atoms with Gasteiger partial charge < -0.3 is 15.3 Å². The first-order valence-electron chi connectivity index (χ1n) is 7.16. The number of aromatic nitrogens is 3. The first kappa shape index (κ1) is 15.3. The minimum atomic E-state index is -0.833. The van der Waals surface area contributed by atoms with Gasteiger partial charge in [0.05, 0.1) is 12.5 Å². The number of aromatic amines is 1. The van der Waals surface area contributed by atoms with Crippen LogP contribution < -0.4 is 5.32 Å². The molecule has 2 amide bonds. The Hall–Kier alpha value is -2.12. The number of H-pyrrole nitrogens is 1. The van der Waals surface area contributed by atoms with Crippen molar-refractivity contribution in [3.8, 4) is 0 Å². The molecule has 2 rings (SSSR count). The van der Waals surface area contributed by atoms with Crippen molar-refractivity contribution in [2.24, 2.45) is 5.92 Å². The van der Waals surface area contributed by atoms with Crippen LogP contribution in [0.1, 0.15) is 37.9 Å². The number of carbonyl (C=O) groups is 2. The number of amides is 2. The molecule has 1 aliphatic carbocycles. The van der Waals surface area contributed by atoms with Crippen LogP contribution in [-0.4, -0.2) is 50.3 Å². The summed E-state index contributed by atoms with van der Waals surface area (Å²) in [7, 11) is 1.64. The molecule has 0 aromatic carbocycles. The summed E-state index contributed by atoms with van der Waals surface area (Å²) in [5.74, 6) is -0.751. The quantitative estimate of drug-likeness (QED) is 0.717. The maximum absolute atomic E-state index is 12.2. The number of hydrogen-bond donors (Lipinski definition) is 3. The molecule has 2 unspecified atom stereocenters. The molecule has 0 bridgehead atoms. The van der Waals surface area contributed by atoms with Crippen molar-refractivity contribution in [3.63, 3.8) is 0 Å². The largest absolute Gasteiger partial charge is 0.481 e. The normalized spacial score (nSPS) is 22.3. The molecule has 116 valence electrons. The average Bonchev–Trinajstić information content (AvgIpc) is 2.83. The van der Waals surface area contributed by atoms with Crippen LogP contribution in [0.4, 0.5) is 4.79 Å². The second kappa shape index (κ2) is 7.05. The number of carboxylic acids is 1. The third-order valence-corrected chi connectivity index (χ3v) is 3.84. The molecule has 0 radical (unpaired) electrons. The highest BCUT2D eigenvalue weighted by Gasteiger charge is 2.31. The van der Waals surface area contributed by atoms with Crippen molar-refractivity contribution in [2.75, 3.05) is 7.05 Å². The second-order valence-electron chi connectivity index (χ2n) is 5.43. The van der Waals surface area contributed by atoms with Crippen LogP contribution in [0.5, 0.6) is 0 Å². The van der Waals surface area contributed by atoms with Gasteiger partial charge in [-0.1, -0.05) is 19.3 Å². The number of nitrogens with zero attached hydrogens (tertiary/aromatic N) is 3. The Morgan fingerprint density at radius 1 is 1.43 bits per heavy atom. The fourth-order valence-corrected chi connectivity index (χ4v) is 2.65. The SMILES string of the molecule is CN(Cc1ncn[nH]1)C(=O)NC1CCCCCC1C(=O)O. The number of nitrogens with one attached hydrogen (secondary N) is 2. The standard InChI is InChI=1S/C13H21N5O3/c1-18(7-11-14-8-15-17-11)13(21)16-10-6-4-2-3-5-9(10)12(19)20/h8-10H,2-7H2,1H3,(H,16,21)(H,19,20)(H,14,15,17). The van der Waals surface area contributed by atoms with Crippen LogP contribution in [0.15, 0.2) is 6.33 Å². The van der Waals surface area contributed by atoms with E-state index >= 15 is 0 Å². The van der Waals surface area contributed by atoms with E-state index in [0.717, 1.165) is 19.3 Å².